The Kier molecular flexibility index (Phi) is 3.73. The van der Waals surface area contributed by atoms with Crippen LogP contribution in [0.1, 0.15) is 10.7 Å². The molecular weight excluding hydrogens is 301 g/mol. The molecule has 0 amide bonds. The van der Waals surface area contributed by atoms with Gasteiger partial charge in [0.1, 0.15) is 11.3 Å². The predicted molar refractivity (Wildman–Crippen MR) is 80.1 cm³/mol. The van der Waals surface area contributed by atoms with Crippen molar-refractivity contribution in [1.82, 2.24) is 14.5 Å². The van der Waals surface area contributed by atoms with Gasteiger partial charge in [0.05, 0.1) is 10.2 Å². The molecule has 0 fully saturated rings. The lowest BCUT2D eigenvalue weighted by Crippen LogP contribution is -2.05. The van der Waals surface area contributed by atoms with Crippen molar-refractivity contribution < 1.29 is 0 Å². The van der Waals surface area contributed by atoms with E-state index in [1.165, 1.54) is 4.88 Å². The highest BCUT2D eigenvalue weighted by atomic mass is 35.5. The van der Waals surface area contributed by atoms with Gasteiger partial charge in [-0.15, -0.1) is 22.9 Å². The molecule has 3 aromatic heterocycles. The van der Waals surface area contributed by atoms with Gasteiger partial charge in [0.25, 0.3) is 0 Å². The predicted octanol–water partition coefficient (Wildman–Crippen LogP) is 4.13. The normalized spacial score (nSPS) is 11.3. The van der Waals surface area contributed by atoms with Crippen LogP contribution in [0.2, 0.25) is 4.34 Å². The van der Waals surface area contributed by atoms with E-state index in [9.17, 15) is 0 Å². The Morgan fingerprint density at radius 2 is 2.16 bits per heavy atom. The van der Waals surface area contributed by atoms with E-state index < -0.39 is 0 Å². The third-order valence-corrected chi connectivity index (χ3v) is 4.44. The fourth-order valence-electron chi connectivity index (χ4n) is 2.05. The summed E-state index contributed by atoms with van der Waals surface area (Å²) in [6, 6.07) is 7.82. The maximum absolute atomic E-state index is 5.96. The van der Waals surface area contributed by atoms with Crippen molar-refractivity contribution in [2.75, 3.05) is 0 Å². The first-order valence-electron chi connectivity index (χ1n) is 5.88. The number of imidazole rings is 1. The van der Waals surface area contributed by atoms with Gasteiger partial charge >= 0.3 is 0 Å². The molecule has 6 heteroatoms. The molecule has 98 valence electrons. The smallest absolute Gasteiger partial charge is 0.160 e. The molecule has 0 bridgehead atoms. The van der Waals surface area contributed by atoms with Gasteiger partial charge < -0.3 is 4.57 Å². The molecule has 0 aliphatic rings. The van der Waals surface area contributed by atoms with Crippen molar-refractivity contribution in [2.24, 2.45) is 0 Å². The molecule has 3 nitrogen and oxygen atoms in total. The summed E-state index contributed by atoms with van der Waals surface area (Å²) >= 11 is 13.5. The second-order valence-electron chi connectivity index (χ2n) is 4.12. The van der Waals surface area contributed by atoms with Crippen LogP contribution in [-0.2, 0) is 18.8 Å². The van der Waals surface area contributed by atoms with Crippen molar-refractivity contribution in [1.29, 1.82) is 0 Å². The molecule has 0 N–H and O–H groups in total. The third kappa shape index (κ3) is 2.61. The number of hydrogen-bond acceptors (Lipinski definition) is 3. The van der Waals surface area contributed by atoms with Gasteiger partial charge in [-0.25, -0.2) is 9.97 Å². The third-order valence-electron chi connectivity index (χ3n) is 2.91. The van der Waals surface area contributed by atoms with Crippen LogP contribution in [0, 0.1) is 0 Å². The van der Waals surface area contributed by atoms with Crippen molar-refractivity contribution in [3.8, 4) is 0 Å². The van der Waals surface area contributed by atoms with Crippen LogP contribution >= 0.6 is 34.5 Å². The summed E-state index contributed by atoms with van der Waals surface area (Å²) < 4.78 is 2.90. The molecule has 0 atom stereocenters. The molecule has 0 saturated heterocycles. The first-order chi connectivity index (χ1) is 9.28. The summed E-state index contributed by atoms with van der Waals surface area (Å²) in [7, 11) is 0. The number of alkyl halides is 1. The molecule has 3 aromatic rings. The highest BCUT2D eigenvalue weighted by Gasteiger charge is 2.10. The van der Waals surface area contributed by atoms with E-state index in [-0.39, 0.29) is 0 Å². The first kappa shape index (κ1) is 12.9. The van der Waals surface area contributed by atoms with Crippen molar-refractivity contribution in [3.63, 3.8) is 0 Å². The van der Waals surface area contributed by atoms with E-state index in [2.05, 4.69) is 20.6 Å². The summed E-state index contributed by atoms with van der Waals surface area (Å²) in [5.41, 5.74) is 1.78. The van der Waals surface area contributed by atoms with E-state index in [4.69, 9.17) is 23.2 Å². The Hall–Kier alpha value is -1.10. The SMILES string of the molecule is ClCc1nc2cccnc2n1CCc1ccc(Cl)s1. The molecule has 0 aliphatic carbocycles. The van der Waals surface area contributed by atoms with Crippen LogP contribution in [0.15, 0.2) is 30.5 Å². The molecule has 0 radical (unpaired) electrons. The van der Waals surface area contributed by atoms with Gasteiger partial charge in [-0.05, 0) is 30.7 Å². The molecule has 3 rings (SSSR count). The fraction of sp³-hybridized carbons (Fsp3) is 0.231. The molecule has 0 aromatic carbocycles. The van der Waals surface area contributed by atoms with Crippen molar-refractivity contribution >= 4 is 45.7 Å². The van der Waals surface area contributed by atoms with Crippen LogP contribution in [0.4, 0.5) is 0 Å². The number of aromatic nitrogens is 3. The second kappa shape index (κ2) is 5.49. The minimum Gasteiger partial charge on any atom is -0.311 e. The second-order valence-corrected chi connectivity index (χ2v) is 6.18. The fourth-order valence-corrected chi connectivity index (χ4v) is 3.33. The van der Waals surface area contributed by atoms with E-state index in [1.807, 2.05) is 18.2 Å². The number of hydrogen-bond donors (Lipinski definition) is 0. The minimum atomic E-state index is 0.390. The number of thiophene rings is 1. The zero-order valence-electron chi connectivity index (χ0n) is 10.0. The molecule has 19 heavy (non-hydrogen) atoms. The Balaban J connectivity index is 1.90. The van der Waals surface area contributed by atoms with E-state index in [0.29, 0.717) is 5.88 Å². The zero-order chi connectivity index (χ0) is 13.2. The van der Waals surface area contributed by atoms with Gasteiger partial charge in [0.2, 0.25) is 0 Å². The molecule has 0 saturated carbocycles. The molecule has 0 unspecified atom stereocenters. The number of nitrogens with zero attached hydrogens (tertiary/aromatic N) is 3. The number of halogens is 2. The zero-order valence-corrected chi connectivity index (χ0v) is 12.3. The largest absolute Gasteiger partial charge is 0.311 e. The van der Waals surface area contributed by atoms with Crippen LogP contribution < -0.4 is 0 Å². The highest BCUT2D eigenvalue weighted by molar-refractivity contribution is 7.16. The number of rotatable bonds is 4. The van der Waals surface area contributed by atoms with Gasteiger partial charge in [0, 0.05) is 17.6 Å². The molecule has 3 heterocycles. The Bertz CT molecular complexity index is 705. The topological polar surface area (TPSA) is 30.7 Å². The van der Waals surface area contributed by atoms with Crippen molar-refractivity contribution in [3.05, 3.63) is 45.5 Å². The minimum absolute atomic E-state index is 0.390. The van der Waals surface area contributed by atoms with E-state index >= 15 is 0 Å². The number of aryl methyl sites for hydroxylation is 2. The summed E-state index contributed by atoms with van der Waals surface area (Å²) in [6.07, 6.45) is 2.68. The Morgan fingerprint density at radius 1 is 1.26 bits per heavy atom. The summed E-state index contributed by atoms with van der Waals surface area (Å²) in [5, 5.41) is 0. The van der Waals surface area contributed by atoms with Gasteiger partial charge in [-0.3, -0.25) is 0 Å². The van der Waals surface area contributed by atoms with E-state index in [1.54, 1.807) is 17.5 Å². The van der Waals surface area contributed by atoms with Crippen molar-refractivity contribution in [2.45, 2.75) is 18.8 Å². The standard InChI is InChI=1S/C13H11Cl2N3S/c14-8-12-17-10-2-1-6-16-13(10)18(12)7-5-9-3-4-11(15)19-9/h1-4,6H,5,7-8H2. The van der Waals surface area contributed by atoms with Gasteiger partial charge in [-0.2, -0.15) is 0 Å². The first-order valence-corrected chi connectivity index (χ1v) is 7.61. The number of fused-ring (bicyclic) bond motifs is 1. The lowest BCUT2D eigenvalue weighted by molar-refractivity contribution is 0.687. The summed E-state index contributed by atoms with van der Waals surface area (Å²) in [4.78, 5) is 10.1. The van der Waals surface area contributed by atoms with E-state index in [0.717, 1.165) is 34.3 Å². The van der Waals surface area contributed by atoms with Crippen LogP contribution in [-0.4, -0.2) is 14.5 Å². The quantitative estimate of drug-likeness (QED) is 0.678. The van der Waals surface area contributed by atoms with Gasteiger partial charge in [0.15, 0.2) is 5.65 Å². The molecule has 0 spiro atoms. The average molecular weight is 312 g/mol. The number of pyridine rings is 1. The Labute approximate surface area is 124 Å². The Morgan fingerprint density at radius 3 is 2.89 bits per heavy atom. The lowest BCUT2D eigenvalue weighted by Gasteiger charge is -2.05. The molecule has 0 aliphatic heterocycles. The maximum atomic E-state index is 5.96. The van der Waals surface area contributed by atoms with Crippen LogP contribution in [0.25, 0.3) is 11.2 Å². The summed E-state index contributed by atoms with van der Waals surface area (Å²) in [5.74, 6) is 1.25. The highest BCUT2D eigenvalue weighted by Crippen LogP contribution is 2.23. The lowest BCUT2D eigenvalue weighted by atomic mass is 10.3. The average Bonchev–Trinajstić information content (AvgIpc) is 2.99. The van der Waals surface area contributed by atoms with Crippen LogP contribution in [0.3, 0.4) is 0 Å². The molecular formula is C13H11Cl2N3S. The van der Waals surface area contributed by atoms with Crippen LogP contribution in [0.5, 0.6) is 0 Å². The van der Waals surface area contributed by atoms with Gasteiger partial charge in [-0.1, -0.05) is 11.6 Å². The maximum Gasteiger partial charge on any atom is 0.160 e. The summed E-state index contributed by atoms with van der Waals surface area (Å²) in [6.45, 7) is 0.812. The monoisotopic (exact) mass is 311 g/mol.